The smallest absolute Gasteiger partial charge is 0.0752 e. The fourth-order valence-corrected chi connectivity index (χ4v) is 2.39. The monoisotopic (exact) mass is 286 g/mol. The number of rotatable bonds is 1. The molecular weight excluding hydrogens is 276 g/mol. The molecule has 2 nitrogen and oxygen atoms in total. The zero-order chi connectivity index (χ0) is 11.8. The maximum atomic E-state index is 4.45. The molecule has 0 bridgehead atoms. The topological polar surface area (TPSA) is 17.8 Å². The number of fused-ring (bicyclic) bond motifs is 1. The van der Waals surface area contributed by atoms with E-state index < -0.39 is 0 Å². The van der Waals surface area contributed by atoms with Crippen LogP contribution in [0.5, 0.6) is 0 Å². The maximum absolute atomic E-state index is 4.45. The van der Waals surface area contributed by atoms with Crippen molar-refractivity contribution < 1.29 is 0 Å². The molecule has 0 spiro atoms. The van der Waals surface area contributed by atoms with Crippen molar-refractivity contribution in [2.75, 3.05) is 0 Å². The van der Waals surface area contributed by atoms with Crippen LogP contribution in [0.2, 0.25) is 0 Å². The number of aromatic nitrogens is 2. The lowest BCUT2D eigenvalue weighted by atomic mass is 10.2. The normalized spacial score (nSPS) is 10.9. The second-order valence-electron chi connectivity index (χ2n) is 4.02. The molecule has 0 amide bonds. The molecule has 17 heavy (non-hydrogen) atoms. The first-order valence-electron chi connectivity index (χ1n) is 5.45. The van der Waals surface area contributed by atoms with Gasteiger partial charge < -0.3 is 0 Å². The van der Waals surface area contributed by atoms with E-state index in [1.807, 2.05) is 29.1 Å². The van der Waals surface area contributed by atoms with Gasteiger partial charge >= 0.3 is 0 Å². The Labute approximate surface area is 108 Å². The summed E-state index contributed by atoms with van der Waals surface area (Å²) in [6.45, 7) is 2.09. The number of hydrogen-bond donors (Lipinski definition) is 0. The van der Waals surface area contributed by atoms with E-state index in [0.29, 0.717) is 0 Å². The Hall–Kier alpha value is -1.61. The lowest BCUT2D eigenvalue weighted by Gasteiger charge is -2.04. The molecule has 0 radical (unpaired) electrons. The van der Waals surface area contributed by atoms with Crippen molar-refractivity contribution in [1.29, 1.82) is 0 Å². The van der Waals surface area contributed by atoms with Crippen molar-refractivity contribution in [1.82, 2.24) is 9.78 Å². The highest BCUT2D eigenvalue weighted by Gasteiger charge is 2.08. The van der Waals surface area contributed by atoms with Gasteiger partial charge in [0.15, 0.2) is 0 Å². The Bertz CT molecular complexity index is 671. The van der Waals surface area contributed by atoms with Gasteiger partial charge in [-0.3, -0.25) is 0 Å². The predicted molar refractivity (Wildman–Crippen MR) is 73.5 cm³/mol. The van der Waals surface area contributed by atoms with Gasteiger partial charge in [-0.25, -0.2) is 4.68 Å². The van der Waals surface area contributed by atoms with Crippen LogP contribution < -0.4 is 0 Å². The predicted octanol–water partition coefficient (Wildman–Crippen LogP) is 4.10. The third kappa shape index (κ3) is 1.67. The number of halogens is 1. The van der Waals surface area contributed by atoms with Gasteiger partial charge in [0.1, 0.15) is 0 Å². The minimum atomic E-state index is 1.08. The molecule has 3 aromatic rings. The molecule has 0 fully saturated rings. The van der Waals surface area contributed by atoms with Crippen LogP contribution in [0.1, 0.15) is 5.56 Å². The summed E-state index contributed by atoms with van der Waals surface area (Å²) in [5.74, 6) is 0. The summed E-state index contributed by atoms with van der Waals surface area (Å²) in [5.41, 5.74) is 3.43. The van der Waals surface area contributed by atoms with E-state index in [1.54, 1.807) is 0 Å². The van der Waals surface area contributed by atoms with Crippen LogP contribution in [0, 0.1) is 6.92 Å². The third-order valence-electron chi connectivity index (χ3n) is 2.88. The average molecular weight is 287 g/mol. The largest absolute Gasteiger partial charge is 0.233 e. The quantitative estimate of drug-likeness (QED) is 0.659. The number of para-hydroxylation sites is 1. The number of nitrogens with zero attached hydrogens (tertiary/aromatic N) is 2. The molecule has 3 heteroatoms. The zero-order valence-electron chi connectivity index (χ0n) is 9.39. The van der Waals surface area contributed by atoms with Gasteiger partial charge in [-0.15, -0.1) is 0 Å². The van der Waals surface area contributed by atoms with Crippen molar-refractivity contribution in [3.63, 3.8) is 0 Å². The van der Waals surface area contributed by atoms with Gasteiger partial charge in [0.2, 0.25) is 0 Å². The first-order valence-corrected chi connectivity index (χ1v) is 6.25. The fraction of sp³-hybridized carbons (Fsp3) is 0.0714. The minimum Gasteiger partial charge on any atom is -0.233 e. The van der Waals surface area contributed by atoms with Crippen LogP contribution in [-0.4, -0.2) is 9.78 Å². The molecule has 0 unspecified atom stereocenters. The molecule has 0 aliphatic rings. The Morgan fingerprint density at radius 1 is 1.06 bits per heavy atom. The summed E-state index contributed by atoms with van der Waals surface area (Å²) < 4.78 is 3.08. The van der Waals surface area contributed by atoms with Crippen molar-refractivity contribution in [3.05, 3.63) is 58.7 Å². The van der Waals surface area contributed by atoms with Gasteiger partial charge in [-0.1, -0.05) is 24.3 Å². The van der Waals surface area contributed by atoms with Crippen molar-refractivity contribution in [2.45, 2.75) is 6.92 Å². The maximum Gasteiger partial charge on any atom is 0.0752 e. The number of benzene rings is 2. The molecule has 2 aromatic carbocycles. The van der Waals surface area contributed by atoms with Gasteiger partial charge in [-0.2, -0.15) is 5.10 Å². The Balaban J connectivity index is 2.30. The highest BCUT2D eigenvalue weighted by atomic mass is 79.9. The Morgan fingerprint density at radius 2 is 1.82 bits per heavy atom. The van der Waals surface area contributed by atoms with Crippen LogP contribution in [0.15, 0.2) is 53.1 Å². The second kappa shape index (κ2) is 4.00. The molecule has 3 rings (SSSR count). The van der Waals surface area contributed by atoms with E-state index in [9.17, 15) is 0 Å². The summed E-state index contributed by atoms with van der Waals surface area (Å²) in [4.78, 5) is 0. The highest BCUT2D eigenvalue weighted by Crippen LogP contribution is 2.28. The van der Waals surface area contributed by atoms with Crippen molar-refractivity contribution in [3.8, 4) is 5.69 Å². The Kier molecular flexibility index (Phi) is 2.48. The molecule has 1 heterocycles. The first-order chi connectivity index (χ1) is 8.27. The summed E-state index contributed by atoms with van der Waals surface area (Å²) >= 11 is 3.61. The number of hydrogen-bond acceptors (Lipinski definition) is 1. The SMILES string of the molecule is Cc1ccc2c(cnn2-c2ccccc2)c1Br. The zero-order valence-corrected chi connectivity index (χ0v) is 11.0. The molecule has 0 atom stereocenters. The van der Waals surface area contributed by atoms with E-state index in [1.165, 1.54) is 5.56 Å². The number of aryl methyl sites for hydroxylation is 1. The average Bonchev–Trinajstić information content (AvgIpc) is 2.79. The molecule has 0 N–H and O–H groups in total. The van der Waals surface area contributed by atoms with Gasteiger partial charge in [0.05, 0.1) is 17.4 Å². The van der Waals surface area contributed by atoms with Gasteiger partial charge in [-0.05, 0) is 46.6 Å². The molecule has 0 aliphatic carbocycles. The van der Waals surface area contributed by atoms with Crippen LogP contribution in [0.3, 0.4) is 0 Å². The van der Waals surface area contributed by atoms with Crippen LogP contribution in [-0.2, 0) is 0 Å². The molecule has 0 saturated heterocycles. The lowest BCUT2D eigenvalue weighted by molar-refractivity contribution is 0.911. The second-order valence-corrected chi connectivity index (χ2v) is 4.81. The van der Waals surface area contributed by atoms with E-state index >= 15 is 0 Å². The summed E-state index contributed by atoms with van der Waals surface area (Å²) in [7, 11) is 0. The van der Waals surface area contributed by atoms with Crippen LogP contribution in [0.4, 0.5) is 0 Å². The van der Waals surface area contributed by atoms with Gasteiger partial charge in [0, 0.05) is 9.86 Å². The van der Waals surface area contributed by atoms with Crippen LogP contribution in [0.25, 0.3) is 16.6 Å². The Morgan fingerprint density at radius 3 is 2.59 bits per heavy atom. The summed E-state index contributed by atoms with van der Waals surface area (Å²) in [5, 5.41) is 5.60. The van der Waals surface area contributed by atoms with Crippen LogP contribution >= 0.6 is 15.9 Å². The molecule has 0 aliphatic heterocycles. The van der Waals surface area contributed by atoms with E-state index in [4.69, 9.17) is 0 Å². The molecular formula is C14H11BrN2. The van der Waals surface area contributed by atoms with Gasteiger partial charge in [0.25, 0.3) is 0 Å². The van der Waals surface area contributed by atoms with Crippen molar-refractivity contribution >= 4 is 26.8 Å². The standard InChI is InChI=1S/C14H11BrN2/c1-10-7-8-13-12(14(10)15)9-16-17(13)11-5-3-2-4-6-11/h2-9H,1H3. The third-order valence-corrected chi connectivity index (χ3v) is 3.93. The molecule has 0 saturated carbocycles. The van der Waals surface area contributed by atoms with Crippen molar-refractivity contribution in [2.24, 2.45) is 0 Å². The van der Waals surface area contributed by atoms with E-state index in [-0.39, 0.29) is 0 Å². The molecule has 1 aromatic heterocycles. The minimum absolute atomic E-state index is 1.08. The summed E-state index contributed by atoms with van der Waals surface area (Å²) in [6, 6.07) is 14.4. The first kappa shape index (κ1) is 10.5. The summed E-state index contributed by atoms with van der Waals surface area (Å²) in [6.07, 6.45) is 1.90. The molecule has 84 valence electrons. The lowest BCUT2D eigenvalue weighted by Crippen LogP contribution is -1.95. The van der Waals surface area contributed by atoms with E-state index in [0.717, 1.165) is 21.1 Å². The van der Waals surface area contributed by atoms with E-state index in [2.05, 4.69) is 52.2 Å². The highest BCUT2D eigenvalue weighted by molar-refractivity contribution is 9.10. The fourth-order valence-electron chi connectivity index (χ4n) is 1.95.